The Labute approximate surface area is 197 Å². The van der Waals surface area contributed by atoms with Crippen LogP contribution in [0.25, 0.3) is 0 Å². The Morgan fingerprint density at radius 1 is 1.23 bits per heavy atom. The second-order valence-electron chi connectivity index (χ2n) is 8.31. The number of nitrogens with one attached hydrogen (secondary N) is 2. The van der Waals surface area contributed by atoms with E-state index in [0.717, 1.165) is 63.0 Å². The van der Waals surface area contributed by atoms with Gasteiger partial charge in [-0.2, -0.15) is 0 Å². The molecule has 9 heteroatoms. The van der Waals surface area contributed by atoms with Crippen LogP contribution in [0.15, 0.2) is 23.3 Å². The van der Waals surface area contributed by atoms with Crippen LogP contribution in [0.2, 0.25) is 0 Å². The zero-order valence-corrected chi connectivity index (χ0v) is 20.9. The molecule has 2 fully saturated rings. The molecule has 2 aliphatic heterocycles. The lowest BCUT2D eigenvalue weighted by atomic mass is 10.2. The summed E-state index contributed by atoms with van der Waals surface area (Å²) < 4.78 is 0. The van der Waals surface area contributed by atoms with Gasteiger partial charge in [0.15, 0.2) is 5.96 Å². The van der Waals surface area contributed by atoms with Crippen LogP contribution in [0, 0.1) is 5.92 Å². The first-order valence-corrected chi connectivity index (χ1v) is 10.6. The van der Waals surface area contributed by atoms with Crippen molar-refractivity contribution in [1.82, 2.24) is 25.4 Å². The number of anilines is 1. The first-order chi connectivity index (χ1) is 14.0. The van der Waals surface area contributed by atoms with Crippen LogP contribution in [0.4, 0.5) is 5.82 Å². The highest BCUT2D eigenvalue weighted by atomic mass is 127. The molecular weight excluding hydrogens is 493 g/mol. The van der Waals surface area contributed by atoms with Gasteiger partial charge in [0.25, 0.3) is 0 Å². The maximum absolute atomic E-state index is 12.2. The van der Waals surface area contributed by atoms with Gasteiger partial charge in [0.05, 0.1) is 0 Å². The van der Waals surface area contributed by atoms with Crippen molar-refractivity contribution in [3.8, 4) is 0 Å². The fraction of sp³-hybridized carbons (Fsp3) is 0.667. The Hall–Kier alpha value is -1.62. The van der Waals surface area contributed by atoms with Crippen LogP contribution in [0.1, 0.15) is 25.8 Å². The third kappa shape index (κ3) is 6.69. The molecule has 0 bridgehead atoms. The zero-order chi connectivity index (χ0) is 20.8. The summed E-state index contributed by atoms with van der Waals surface area (Å²) in [5, 5.41) is 6.80. The van der Waals surface area contributed by atoms with E-state index >= 15 is 0 Å². The van der Waals surface area contributed by atoms with Gasteiger partial charge in [0, 0.05) is 71.0 Å². The molecule has 168 valence electrons. The van der Waals surface area contributed by atoms with Gasteiger partial charge in [-0.15, -0.1) is 24.0 Å². The third-order valence-corrected chi connectivity index (χ3v) is 5.65. The van der Waals surface area contributed by atoms with E-state index in [2.05, 4.69) is 49.6 Å². The normalized spacial score (nSPS) is 20.3. The second-order valence-corrected chi connectivity index (χ2v) is 8.31. The molecule has 1 amide bonds. The second kappa shape index (κ2) is 11.7. The summed E-state index contributed by atoms with van der Waals surface area (Å²) in [5.41, 5.74) is 1.12. The van der Waals surface area contributed by atoms with E-state index < -0.39 is 0 Å². The summed E-state index contributed by atoms with van der Waals surface area (Å²) in [4.78, 5) is 27.7. The molecular formula is C21H36IN7O. The fourth-order valence-corrected chi connectivity index (χ4v) is 3.76. The molecule has 1 aromatic heterocycles. The molecule has 1 aromatic rings. The lowest BCUT2D eigenvalue weighted by molar-refractivity contribution is -0.133. The van der Waals surface area contributed by atoms with E-state index in [1.165, 1.54) is 0 Å². The number of carbonyl (C=O) groups is 1. The Bertz CT molecular complexity index is 702. The number of aromatic nitrogens is 1. The van der Waals surface area contributed by atoms with Crippen LogP contribution >= 0.6 is 24.0 Å². The summed E-state index contributed by atoms with van der Waals surface area (Å²) in [7, 11) is 3.93. The fourth-order valence-electron chi connectivity index (χ4n) is 3.76. The molecule has 8 nitrogen and oxygen atoms in total. The largest absolute Gasteiger partial charge is 0.354 e. The third-order valence-electron chi connectivity index (χ3n) is 5.65. The van der Waals surface area contributed by atoms with Gasteiger partial charge >= 0.3 is 0 Å². The highest BCUT2D eigenvalue weighted by Crippen LogP contribution is 2.14. The summed E-state index contributed by atoms with van der Waals surface area (Å²) >= 11 is 0. The van der Waals surface area contributed by atoms with Crippen LogP contribution in [-0.2, 0) is 11.3 Å². The minimum atomic E-state index is 0. The minimum Gasteiger partial charge on any atom is -0.354 e. The number of hydrogen-bond acceptors (Lipinski definition) is 5. The number of pyridine rings is 1. The average Bonchev–Trinajstić information content (AvgIpc) is 3.20. The summed E-state index contributed by atoms with van der Waals surface area (Å²) in [6.07, 6.45) is 2.88. The molecule has 1 unspecified atom stereocenters. The predicted molar refractivity (Wildman–Crippen MR) is 133 cm³/mol. The van der Waals surface area contributed by atoms with Crippen molar-refractivity contribution in [3.05, 3.63) is 23.9 Å². The maximum Gasteiger partial charge on any atom is 0.225 e. The first kappa shape index (κ1) is 24.6. The molecule has 2 aliphatic rings. The standard InChI is InChI=1S/C21H35N7O.HI/c1-16(2)20(29)28-8-7-18(15-28)25-21(22-3)24-14-17-5-6-19(23-13-17)27-11-9-26(4)10-12-27;/h5-6,13,16,18H,7-12,14-15H2,1-4H3,(H2,22,24,25);1H. The number of likely N-dealkylation sites (N-methyl/N-ethyl adjacent to an activating group) is 1. The predicted octanol–water partition coefficient (Wildman–Crippen LogP) is 1.37. The monoisotopic (exact) mass is 529 g/mol. The number of aliphatic imine (C=N–C) groups is 1. The van der Waals surface area contributed by atoms with E-state index in [1.54, 1.807) is 7.05 Å². The van der Waals surface area contributed by atoms with E-state index in [1.807, 2.05) is 24.9 Å². The van der Waals surface area contributed by atoms with Crippen molar-refractivity contribution < 1.29 is 4.79 Å². The lowest BCUT2D eigenvalue weighted by Crippen LogP contribution is -2.45. The molecule has 1 atom stereocenters. The lowest BCUT2D eigenvalue weighted by Gasteiger charge is -2.33. The Morgan fingerprint density at radius 3 is 2.57 bits per heavy atom. The van der Waals surface area contributed by atoms with Crippen LogP contribution in [0.3, 0.4) is 0 Å². The molecule has 0 aliphatic carbocycles. The summed E-state index contributed by atoms with van der Waals surface area (Å²) in [6.45, 7) is 10.3. The van der Waals surface area contributed by atoms with Crippen molar-refractivity contribution >= 4 is 41.7 Å². The topological polar surface area (TPSA) is 76.1 Å². The molecule has 2 saturated heterocycles. The molecule has 0 aromatic carbocycles. The minimum absolute atomic E-state index is 0. The Kier molecular flexibility index (Phi) is 9.60. The molecule has 0 saturated carbocycles. The molecule has 3 heterocycles. The van der Waals surface area contributed by atoms with E-state index in [9.17, 15) is 4.79 Å². The quantitative estimate of drug-likeness (QED) is 0.341. The van der Waals surface area contributed by atoms with Crippen molar-refractivity contribution in [2.45, 2.75) is 32.9 Å². The smallest absolute Gasteiger partial charge is 0.225 e. The van der Waals surface area contributed by atoms with Gasteiger partial charge in [-0.25, -0.2) is 4.98 Å². The number of halogens is 1. The van der Waals surface area contributed by atoms with Crippen molar-refractivity contribution in [2.75, 3.05) is 58.3 Å². The molecule has 0 spiro atoms. The highest BCUT2D eigenvalue weighted by molar-refractivity contribution is 14.0. The van der Waals surface area contributed by atoms with Crippen LogP contribution in [0.5, 0.6) is 0 Å². The number of amides is 1. The maximum atomic E-state index is 12.2. The van der Waals surface area contributed by atoms with Gasteiger partial charge in [-0.1, -0.05) is 19.9 Å². The van der Waals surface area contributed by atoms with Crippen LogP contribution in [-0.4, -0.2) is 86.1 Å². The van der Waals surface area contributed by atoms with E-state index in [4.69, 9.17) is 0 Å². The number of hydrogen-bond donors (Lipinski definition) is 2. The number of guanidine groups is 1. The average molecular weight is 529 g/mol. The van der Waals surface area contributed by atoms with Gasteiger partial charge in [-0.05, 0) is 25.1 Å². The number of carbonyl (C=O) groups excluding carboxylic acids is 1. The van der Waals surface area contributed by atoms with Crippen molar-refractivity contribution in [1.29, 1.82) is 0 Å². The van der Waals surface area contributed by atoms with Gasteiger partial charge in [0.2, 0.25) is 5.91 Å². The SMILES string of the molecule is CN=C(NCc1ccc(N2CCN(C)CC2)nc1)NC1CCN(C(=O)C(C)C)C1.I. The zero-order valence-electron chi connectivity index (χ0n) is 18.6. The van der Waals surface area contributed by atoms with Gasteiger partial charge < -0.3 is 25.3 Å². The van der Waals surface area contributed by atoms with Crippen LogP contribution < -0.4 is 15.5 Å². The highest BCUT2D eigenvalue weighted by Gasteiger charge is 2.27. The Balaban J connectivity index is 0.00000320. The van der Waals surface area contributed by atoms with E-state index in [-0.39, 0.29) is 41.8 Å². The van der Waals surface area contributed by atoms with Gasteiger partial charge in [-0.3, -0.25) is 9.79 Å². The summed E-state index contributed by atoms with van der Waals surface area (Å²) in [6, 6.07) is 4.46. The number of rotatable bonds is 5. The van der Waals surface area contributed by atoms with Crippen molar-refractivity contribution in [3.63, 3.8) is 0 Å². The number of nitrogens with zero attached hydrogens (tertiary/aromatic N) is 5. The molecule has 30 heavy (non-hydrogen) atoms. The molecule has 3 rings (SSSR count). The first-order valence-electron chi connectivity index (χ1n) is 10.6. The summed E-state index contributed by atoms with van der Waals surface area (Å²) in [5.74, 6) is 2.08. The van der Waals surface area contributed by atoms with Gasteiger partial charge in [0.1, 0.15) is 5.82 Å². The Morgan fingerprint density at radius 2 is 1.97 bits per heavy atom. The van der Waals surface area contributed by atoms with E-state index in [0.29, 0.717) is 6.54 Å². The van der Waals surface area contributed by atoms with Crippen molar-refractivity contribution in [2.24, 2.45) is 10.9 Å². The molecule has 0 radical (unpaired) electrons. The number of likely N-dealkylation sites (tertiary alicyclic amines) is 1. The number of piperazine rings is 1. The molecule has 2 N–H and O–H groups in total.